The molecule has 0 aliphatic heterocycles. The molecule has 0 bridgehead atoms. The van der Waals surface area contributed by atoms with E-state index in [0.717, 1.165) is 4.43 Å². The molecule has 6 heavy (non-hydrogen) atoms. The fourth-order valence-corrected chi connectivity index (χ4v) is 1.11. The van der Waals surface area contributed by atoms with E-state index in [9.17, 15) is 4.79 Å². The summed E-state index contributed by atoms with van der Waals surface area (Å²) in [6.45, 7) is 0. The molecule has 0 aromatic rings. The highest BCUT2D eigenvalue weighted by molar-refractivity contribution is 14.1. The molecule has 0 aliphatic carbocycles. The van der Waals surface area contributed by atoms with Gasteiger partial charge in [-0.25, -0.2) is 0 Å². The maximum atomic E-state index is 9.90. The Bertz CT molecular complexity index is 54.8. The maximum absolute atomic E-state index is 9.90. The van der Waals surface area contributed by atoms with Gasteiger partial charge < -0.3 is 0 Å². The second kappa shape index (κ2) is 3.92. The highest BCUT2D eigenvalue weighted by atomic mass is 127. The summed E-state index contributed by atoms with van der Waals surface area (Å²) >= 11 is 5.67. The van der Waals surface area contributed by atoms with E-state index in [2.05, 4.69) is 35.2 Å². The van der Waals surface area contributed by atoms with Gasteiger partial charge >= 0.3 is 0 Å². The van der Waals surface area contributed by atoms with Crippen LogP contribution >= 0.6 is 35.2 Å². The molecule has 0 saturated heterocycles. The summed E-state index contributed by atoms with van der Waals surface area (Å²) in [4.78, 5) is 9.90. The molecule has 0 aliphatic rings. The smallest absolute Gasteiger partial charge is 0.186 e. The fourth-order valence-electron chi connectivity index (χ4n) is 0.0808. The monoisotopic (exact) mass is 216 g/mol. The van der Waals surface area contributed by atoms with Crippen molar-refractivity contribution in [3.05, 3.63) is 0 Å². The molecule has 0 rings (SSSR count). The van der Waals surface area contributed by atoms with Crippen LogP contribution in [0.1, 0.15) is 6.42 Å². The fraction of sp³-hybridized carbons (Fsp3) is 0.667. The minimum Gasteiger partial charge on any atom is -0.287 e. The lowest BCUT2D eigenvalue weighted by atomic mass is 10.6. The molecule has 0 fully saturated rings. The number of thiol groups is 1. The van der Waals surface area contributed by atoms with Crippen LogP contribution < -0.4 is 0 Å². The minimum atomic E-state index is -0.0237. The van der Waals surface area contributed by atoms with Gasteiger partial charge in [0.25, 0.3) is 0 Å². The number of halogens is 1. The first-order chi connectivity index (χ1) is 2.77. The number of carbonyl (C=O) groups excluding carboxylic acids is 1. The topological polar surface area (TPSA) is 17.1 Å². The number of carbonyl (C=O) groups is 1. The molecule has 0 radical (unpaired) electrons. The van der Waals surface area contributed by atoms with Crippen LogP contribution in [0.25, 0.3) is 0 Å². The normalized spacial score (nSPS) is 8.33. The van der Waals surface area contributed by atoms with Crippen molar-refractivity contribution in [2.24, 2.45) is 0 Å². The molecule has 0 spiro atoms. The molecule has 0 amide bonds. The van der Waals surface area contributed by atoms with Gasteiger partial charge in [-0.15, -0.1) is 12.6 Å². The summed E-state index contributed by atoms with van der Waals surface area (Å²) in [5.41, 5.74) is 0. The maximum Gasteiger partial charge on any atom is 0.186 e. The van der Waals surface area contributed by atoms with Gasteiger partial charge in [-0.2, -0.15) is 0 Å². The first-order valence-corrected chi connectivity index (χ1v) is 3.52. The van der Waals surface area contributed by atoms with E-state index in [1.54, 1.807) is 0 Å². The van der Waals surface area contributed by atoms with Crippen molar-refractivity contribution in [3.8, 4) is 0 Å². The van der Waals surface area contributed by atoms with Gasteiger partial charge in [0.15, 0.2) is 5.12 Å². The standard InChI is InChI=1S/C3H5IOS/c4-2-1-3(5)6/h1-2H2,(H,5,6). The van der Waals surface area contributed by atoms with Crippen LogP contribution in [0, 0.1) is 0 Å². The molecule has 0 heterocycles. The summed E-state index contributed by atoms with van der Waals surface area (Å²) in [5, 5.41) is -0.0237. The third-order valence-corrected chi connectivity index (χ3v) is 1.07. The van der Waals surface area contributed by atoms with Crippen molar-refractivity contribution in [1.29, 1.82) is 0 Å². The van der Waals surface area contributed by atoms with Crippen LogP contribution in [-0.4, -0.2) is 9.54 Å². The molecular formula is C3H5IOS. The Hall–Kier alpha value is 0.750. The van der Waals surface area contributed by atoms with Crippen LogP contribution in [0.2, 0.25) is 0 Å². The third-order valence-electron chi connectivity index (χ3n) is 0.308. The van der Waals surface area contributed by atoms with Gasteiger partial charge in [-0.1, -0.05) is 22.6 Å². The SMILES string of the molecule is O=C(S)CCI. The Balaban J connectivity index is 2.83. The number of rotatable bonds is 2. The third kappa shape index (κ3) is 4.75. The Morgan fingerprint density at radius 1 is 1.83 bits per heavy atom. The Kier molecular flexibility index (Phi) is 4.41. The summed E-state index contributed by atoms with van der Waals surface area (Å²) in [6.07, 6.45) is 0.587. The van der Waals surface area contributed by atoms with E-state index in [0.29, 0.717) is 6.42 Å². The zero-order chi connectivity index (χ0) is 4.99. The molecule has 36 valence electrons. The van der Waals surface area contributed by atoms with Crippen molar-refractivity contribution < 1.29 is 4.79 Å². The second-order valence-electron chi connectivity index (χ2n) is 0.833. The van der Waals surface area contributed by atoms with E-state index in [-0.39, 0.29) is 5.12 Å². The lowest BCUT2D eigenvalue weighted by Gasteiger charge is -1.78. The molecule has 0 N–H and O–H groups in total. The number of alkyl halides is 1. The first-order valence-electron chi connectivity index (χ1n) is 1.55. The molecule has 0 aromatic heterocycles. The van der Waals surface area contributed by atoms with Crippen molar-refractivity contribution in [2.75, 3.05) is 4.43 Å². The van der Waals surface area contributed by atoms with E-state index >= 15 is 0 Å². The van der Waals surface area contributed by atoms with Gasteiger partial charge in [0.05, 0.1) is 0 Å². The minimum absolute atomic E-state index is 0.0237. The van der Waals surface area contributed by atoms with Gasteiger partial charge in [0.2, 0.25) is 0 Å². The van der Waals surface area contributed by atoms with Crippen molar-refractivity contribution in [3.63, 3.8) is 0 Å². The zero-order valence-corrected chi connectivity index (χ0v) is 6.20. The Morgan fingerprint density at radius 2 is 2.33 bits per heavy atom. The average Bonchev–Trinajstić information content (AvgIpc) is 1.35. The quantitative estimate of drug-likeness (QED) is 0.418. The first kappa shape index (κ1) is 6.75. The summed E-state index contributed by atoms with van der Waals surface area (Å²) in [5.74, 6) is 0. The predicted octanol–water partition coefficient (Wildman–Crippen LogP) is 1.27. The molecule has 1 nitrogen and oxygen atoms in total. The van der Waals surface area contributed by atoms with Crippen LogP contribution in [0.5, 0.6) is 0 Å². The van der Waals surface area contributed by atoms with Crippen molar-refractivity contribution >= 4 is 40.3 Å². The molecule has 0 saturated carbocycles. The van der Waals surface area contributed by atoms with Crippen molar-refractivity contribution in [2.45, 2.75) is 6.42 Å². The van der Waals surface area contributed by atoms with Crippen LogP contribution in [0.4, 0.5) is 0 Å². The summed E-state index contributed by atoms with van der Waals surface area (Å²) in [6, 6.07) is 0. The zero-order valence-electron chi connectivity index (χ0n) is 3.15. The Morgan fingerprint density at radius 3 is 2.33 bits per heavy atom. The largest absolute Gasteiger partial charge is 0.287 e. The molecule has 3 heteroatoms. The Labute approximate surface area is 56.0 Å². The van der Waals surface area contributed by atoms with Crippen LogP contribution in [0.3, 0.4) is 0 Å². The van der Waals surface area contributed by atoms with E-state index in [1.165, 1.54) is 0 Å². The second-order valence-corrected chi connectivity index (χ2v) is 2.41. The summed E-state index contributed by atoms with van der Waals surface area (Å²) < 4.78 is 0.875. The van der Waals surface area contributed by atoms with E-state index in [1.807, 2.05) is 0 Å². The van der Waals surface area contributed by atoms with Gasteiger partial charge in [0.1, 0.15) is 0 Å². The highest BCUT2D eigenvalue weighted by Gasteiger charge is 1.86. The van der Waals surface area contributed by atoms with Crippen LogP contribution in [-0.2, 0) is 4.79 Å². The molecular weight excluding hydrogens is 211 g/mol. The van der Waals surface area contributed by atoms with Gasteiger partial charge in [-0.3, -0.25) is 4.79 Å². The number of hydrogen-bond acceptors (Lipinski definition) is 1. The van der Waals surface area contributed by atoms with Crippen molar-refractivity contribution in [1.82, 2.24) is 0 Å². The highest BCUT2D eigenvalue weighted by Crippen LogP contribution is 1.91. The predicted molar refractivity (Wildman–Crippen MR) is 37.5 cm³/mol. The summed E-state index contributed by atoms with van der Waals surface area (Å²) in [7, 11) is 0. The average molecular weight is 216 g/mol. The lowest BCUT2D eigenvalue weighted by molar-refractivity contribution is -0.110. The van der Waals surface area contributed by atoms with Gasteiger partial charge in [-0.05, 0) is 0 Å². The number of hydrogen-bond donors (Lipinski definition) is 1. The molecule has 0 aromatic carbocycles. The van der Waals surface area contributed by atoms with Crippen LogP contribution in [0.15, 0.2) is 0 Å². The van der Waals surface area contributed by atoms with E-state index < -0.39 is 0 Å². The molecule has 0 atom stereocenters. The van der Waals surface area contributed by atoms with E-state index in [4.69, 9.17) is 0 Å². The van der Waals surface area contributed by atoms with Gasteiger partial charge in [0, 0.05) is 10.8 Å². The lowest BCUT2D eigenvalue weighted by Crippen LogP contribution is -1.83. The molecule has 0 unspecified atom stereocenters.